The first-order valence-electron chi connectivity index (χ1n) is 10.8. The number of piperidine rings is 2. The Kier molecular flexibility index (Phi) is 6.84. The van der Waals surface area contributed by atoms with Gasteiger partial charge in [-0.3, -0.25) is 4.79 Å². The lowest BCUT2D eigenvalue weighted by molar-refractivity contribution is 0.0718. The third-order valence-corrected chi connectivity index (χ3v) is 5.70. The van der Waals surface area contributed by atoms with Gasteiger partial charge in [0.1, 0.15) is 11.9 Å². The molecule has 3 N–H and O–H groups in total. The van der Waals surface area contributed by atoms with Gasteiger partial charge >= 0.3 is 0 Å². The lowest BCUT2D eigenvalue weighted by Gasteiger charge is -2.27. The van der Waals surface area contributed by atoms with E-state index < -0.39 is 0 Å². The normalized spacial score (nSPS) is 17.1. The molecule has 2 fully saturated rings. The van der Waals surface area contributed by atoms with E-state index in [1.54, 1.807) is 6.07 Å². The van der Waals surface area contributed by atoms with Gasteiger partial charge in [-0.05, 0) is 51.1 Å². The van der Waals surface area contributed by atoms with Gasteiger partial charge in [-0.1, -0.05) is 0 Å². The number of likely N-dealkylation sites (tertiary alicyclic amines) is 1. The predicted molar refractivity (Wildman–Crippen MR) is 116 cm³/mol. The summed E-state index contributed by atoms with van der Waals surface area (Å²) in [6.07, 6.45) is 8.27. The van der Waals surface area contributed by atoms with E-state index in [1.165, 1.54) is 12.4 Å². The monoisotopic (exact) mass is 421 g/mol. The van der Waals surface area contributed by atoms with Crippen molar-refractivity contribution in [2.24, 2.45) is 5.92 Å². The summed E-state index contributed by atoms with van der Waals surface area (Å²) in [4.78, 5) is 23.1. The van der Waals surface area contributed by atoms with Crippen molar-refractivity contribution in [3.63, 3.8) is 0 Å². The largest absolute Gasteiger partial charge is 0.383 e. The van der Waals surface area contributed by atoms with Crippen LogP contribution in [0.3, 0.4) is 0 Å². The average molecular weight is 422 g/mol. The zero-order valence-electron chi connectivity index (χ0n) is 17.5. The summed E-state index contributed by atoms with van der Waals surface area (Å²) in [6, 6.07) is 3.74. The van der Waals surface area contributed by atoms with Crippen LogP contribution in [0.2, 0.25) is 0 Å². The third kappa shape index (κ3) is 5.44. The van der Waals surface area contributed by atoms with Gasteiger partial charge in [0.15, 0.2) is 17.2 Å². The van der Waals surface area contributed by atoms with Crippen molar-refractivity contribution in [2.75, 3.05) is 43.4 Å². The molecule has 0 radical (unpaired) electrons. The maximum absolute atomic E-state index is 13.1. The molecule has 0 spiro atoms. The second kappa shape index (κ2) is 10.1. The number of aromatic nitrogens is 4. The summed E-state index contributed by atoms with van der Waals surface area (Å²) in [5.41, 5.74) is 1.27. The smallest absolute Gasteiger partial charge is 0.276 e. The Morgan fingerprint density at radius 2 is 1.94 bits per heavy atom. The maximum Gasteiger partial charge on any atom is 0.276 e. The number of amides is 1. The van der Waals surface area contributed by atoms with Crippen LogP contribution in [0.4, 0.5) is 17.3 Å². The predicted octanol–water partition coefficient (Wildman–Crippen LogP) is 1.92. The van der Waals surface area contributed by atoms with Crippen LogP contribution in [0, 0.1) is 17.2 Å². The minimum absolute atomic E-state index is 0.0790. The second-order valence-electron chi connectivity index (χ2n) is 7.94. The van der Waals surface area contributed by atoms with Gasteiger partial charge in [0.2, 0.25) is 0 Å². The van der Waals surface area contributed by atoms with E-state index in [-0.39, 0.29) is 11.6 Å². The first-order chi connectivity index (χ1) is 15.2. The Hall–Kier alpha value is -3.32. The fourth-order valence-corrected chi connectivity index (χ4v) is 3.91. The first kappa shape index (κ1) is 20.9. The van der Waals surface area contributed by atoms with E-state index >= 15 is 0 Å². The van der Waals surface area contributed by atoms with Crippen molar-refractivity contribution in [2.45, 2.75) is 32.1 Å². The highest BCUT2D eigenvalue weighted by Crippen LogP contribution is 2.23. The number of carbonyl (C=O) groups is 1. The summed E-state index contributed by atoms with van der Waals surface area (Å²) < 4.78 is 0. The molecule has 0 aliphatic carbocycles. The molecule has 2 saturated heterocycles. The summed E-state index contributed by atoms with van der Waals surface area (Å²) in [5.74, 6) is 1.38. The van der Waals surface area contributed by atoms with Gasteiger partial charge < -0.3 is 20.9 Å². The standard InChI is InChI=1S/C21H27N9O/c22-11-16-13-26-19(14-24-16)27-18-10-17(25-12-15-4-6-23-7-5-15)20(29-28-18)21(31)30-8-2-1-3-9-30/h10,13-15,23H,1-9,12H2,(H2,25,26,27,28). The van der Waals surface area contributed by atoms with E-state index in [2.05, 4.69) is 36.1 Å². The molecule has 0 bridgehead atoms. The highest BCUT2D eigenvalue weighted by atomic mass is 16.2. The molecule has 2 aliphatic rings. The van der Waals surface area contributed by atoms with Crippen molar-refractivity contribution < 1.29 is 4.79 Å². The van der Waals surface area contributed by atoms with E-state index in [4.69, 9.17) is 5.26 Å². The molecular weight excluding hydrogens is 394 g/mol. The van der Waals surface area contributed by atoms with Crippen LogP contribution >= 0.6 is 0 Å². The highest BCUT2D eigenvalue weighted by molar-refractivity contribution is 5.98. The molecule has 4 heterocycles. The van der Waals surface area contributed by atoms with E-state index in [1.807, 2.05) is 11.0 Å². The average Bonchev–Trinajstić information content (AvgIpc) is 2.84. The van der Waals surface area contributed by atoms with Crippen molar-refractivity contribution in [3.8, 4) is 6.07 Å². The van der Waals surface area contributed by atoms with Crippen molar-refractivity contribution in [1.82, 2.24) is 30.4 Å². The van der Waals surface area contributed by atoms with E-state index in [0.29, 0.717) is 28.9 Å². The van der Waals surface area contributed by atoms with Crippen molar-refractivity contribution in [3.05, 3.63) is 29.8 Å². The van der Waals surface area contributed by atoms with Gasteiger partial charge in [-0.25, -0.2) is 9.97 Å². The minimum atomic E-state index is -0.0790. The van der Waals surface area contributed by atoms with E-state index in [0.717, 1.165) is 64.8 Å². The van der Waals surface area contributed by atoms with Gasteiger partial charge in [0.05, 0.1) is 18.1 Å². The first-order valence-corrected chi connectivity index (χ1v) is 10.8. The molecule has 2 aliphatic heterocycles. The summed E-state index contributed by atoms with van der Waals surface area (Å²) in [5, 5.41) is 27.2. The molecular formula is C21H27N9O. The van der Waals surface area contributed by atoms with E-state index in [9.17, 15) is 4.79 Å². The molecule has 0 atom stereocenters. The molecule has 10 heteroatoms. The van der Waals surface area contributed by atoms with Crippen LogP contribution in [-0.2, 0) is 0 Å². The second-order valence-corrected chi connectivity index (χ2v) is 7.94. The van der Waals surface area contributed by atoms with Crippen LogP contribution in [0.25, 0.3) is 0 Å². The Bertz CT molecular complexity index is 929. The maximum atomic E-state index is 13.1. The van der Waals surface area contributed by atoms with Crippen LogP contribution in [0.15, 0.2) is 18.5 Å². The number of hydrogen-bond acceptors (Lipinski definition) is 9. The molecule has 162 valence electrons. The lowest BCUT2D eigenvalue weighted by Crippen LogP contribution is -2.37. The number of nitriles is 1. The molecule has 4 rings (SSSR count). The molecule has 0 unspecified atom stereocenters. The number of nitrogens with one attached hydrogen (secondary N) is 3. The van der Waals surface area contributed by atoms with Gasteiger partial charge in [-0.2, -0.15) is 5.26 Å². The molecule has 1 amide bonds. The Morgan fingerprint density at radius 1 is 1.13 bits per heavy atom. The molecule has 2 aromatic rings. The van der Waals surface area contributed by atoms with Crippen molar-refractivity contribution in [1.29, 1.82) is 5.26 Å². The molecule has 10 nitrogen and oxygen atoms in total. The van der Waals surface area contributed by atoms with Crippen LogP contribution in [0.1, 0.15) is 48.3 Å². The fourth-order valence-electron chi connectivity index (χ4n) is 3.91. The SMILES string of the molecule is N#Cc1cnc(Nc2cc(NCC3CCNCC3)c(C(=O)N3CCCCC3)nn2)cn1. The van der Waals surface area contributed by atoms with Crippen LogP contribution in [0.5, 0.6) is 0 Å². The Labute approximate surface area is 181 Å². The molecule has 2 aromatic heterocycles. The quantitative estimate of drug-likeness (QED) is 0.640. The third-order valence-electron chi connectivity index (χ3n) is 5.70. The van der Waals surface area contributed by atoms with Crippen LogP contribution < -0.4 is 16.0 Å². The summed E-state index contributed by atoms with van der Waals surface area (Å²) >= 11 is 0. The zero-order chi connectivity index (χ0) is 21.5. The van der Waals surface area contributed by atoms with Gasteiger partial charge in [0.25, 0.3) is 5.91 Å². The minimum Gasteiger partial charge on any atom is -0.383 e. The highest BCUT2D eigenvalue weighted by Gasteiger charge is 2.24. The van der Waals surface area contributed by atoms with Gasteiger partial charge in [-0.15, -0.1) is 10.2 Å². The number of anilines is 3. The lowest BCUT2D eigenvalue weighted by atomic mass is 9.98. The number of carbonyl (C=O) groups excluding carboxylic acids is 1. The molecule has 31 heavy (non-hydrogen) atoms. The molecule has 0 aromatic carbocycles. The number of nitrogens with zero attached hydrogens (tertiary/aromatic N) is 6. The van der Waals surface area contributed by atoms with Gasteiger partial charge in [0, 0.05) is 25.7 Å². The Morgan fingerprint density at radius 3 is 2.65 bits per heavy atom. The molecule has 0 saturated carbocycles. The summed E-state index contributed by atoms with van der Waals surface area (Å²) in [7, 11) is 0. The summed E-state index contributed by atoms with van der Waals surface area (Å²) in [6.45, 7) is 4.34. The fraction of sp³-hybridized carbons (Fsp3) is 0.524. The zero-order valence-corrected chi connectivity index (χ0v) is 17.5. The topological polar surface area (TPSA) is 132 Å². The van der Waals surface area contributed by atoms with Crippen LogP contribution in [-0.4, -0.2) is 63.7 Å². The Balaban J connectivity index is 1.53. The van der Waals surface area contributed by atoms with Crippen molar-refractivity contribution >= 4 is 23.2 Å². The number of rotatable bonds is 6. The number of hydrogen-bond donors (Lipinski definition) is 3.